The van der Waals surface area contributed by atoms with Crippen LogP contribution in [0.25, 0.3) is 11.3 Å². The second-order valence-electron chi connectivity index (χ2n) is 8.78. The number of allylic oxidation sites excluding steroid dienone is 3. The van der Waals surface area contributed by atoms with E-state index in [4.69, 9.17) is 4.74 Å². The van der Waals surface area contributed by atoms with Gasteiger partial charge in [0, 0.05) is 27.1 Å². The summed E-state index contributed by atoms with van der Waals surface area (Å²) in [7, 11) is 0. The number of carbonyl (C=O) groups is 3. The minimum atomic E-state index is -1.62. The Morgan fingerprint density at radius 3 is 2.46 bits per heavy atom. The lowest BCUT2D eigenvalue weighted by atomic mass is 9.71. The van der Waals surface area contributed by atoms with Crippen LogP contribution in [0.5, 0.6) is 17.2 Å². The molecule has 1 aliphatic heterocycles. The Balaban J connectivity index is 1.60. The molecule has 1 amide bonds. The number of benzene rings is 2. The van der Waals surface area contributed by atoms with Gasteiger partial charge in [-0.25, -0.2) is 4.98 Å². The SMILES string of the molecule is CC(=O)C1=C(O)C=C2Oc3c(-c4csc(NC(=O)c5ccc(Br)cc5)n4)c(O)c(C)c(O)c3[C@@]2(C)C1=O. The van der Waals surface area contributed by atoms with Crippen LogP contribution in [0.4, 0.5) is 5.13 Å². The standard InChI is InChI=1S/C26H19BrN2O7S/c1-10-20(32)18(14-9-37-25(28-14)29-24(35)12-4-6-13(27)7-5-12)22-19(21(10)33)26(3)16(36-22)8-15(31)17(11(2)30)23(26)34/h4-9,31-33H,1-3H3,(H,28,29,35)/t26-/m0/s1. The van der Waals surface area contributed by atoms with Gasteiger partial charge in [-0.15, -0.1) is 11.3 Å². The molecule has 5 rings (SSSR count). The first-order valence-corrected chi connectivity index (χ1v) is 12.6. The topological polar surface area (TPSA) is 146 Å². The average molecular weight is 583 g/mol. The number of aromatic hydroxyl groups is 2. The molecule has 0 bridgehead atoms. The van der Waals surface area contributed by atoms with Crippen LogP contribution in [-0.2, 0) is 15.0 Å². The fraction of sp³-hybridized carbons (Fsp3) is 0.154. The number of aliphatic hydroxyl groups excluding tert-OH is 1. The highest BCUT2D eigenvalue weighted by Crippen LogP contribution is 2.60. The van der Waals surface area contributed by atoms with Crippen molar-refractivity contribution in [3.63, 3.8) is 0 Å². The van der Waals surface area contributed by atoms with Crippen molar-refractivity contribution in [3.05, 3.63) is 74.0 Å². The maximum absolute atomic E-state index is 13.4. The Morgan fingerprint density at radius 1 is 1.14 bits per heavy atom. The van der Waals surface area contributed by atoms with Crippen LogP contribution in [0.1, 0.15) is 35.3 Å². The summed E-state index contributed by atoms with van der Waals surface area (Å²) in [5, 5.41) is 36.8. The largest absolute Gasteiger partial charge is 0.507 e. The third kappa shape index (κ3) is 3.65. The molecule has 37 heavy (non-hydrogen) atoms. The lowest BCUT2D eigenvalue weighted by molar-refractivity contribution is -0.123. The third-order valence-corrected chi connectivity index (χ3v) is 7.77. The van der Waals surface area contributed by atoms with Crippen molar-refractivity contribution < 1.29 is 34.4 Å². The first-order chi connectivity index (χ1) is 17.4. The van der Waals surface area contributed by atoms with Gasteiger partial charge in [-0.1, -0.05) is 15.9 Å². The van der Waals surface area contributed by atoms with E-state index < -0.39 is 28.3 Å². The summed E-state index contributed by atoms with van der Waals surface area (Å²) in [5.74, 6) is -3.02. The summed E-state index contributed by atoms with van der Waals surface area (Å²) in [4.78, 5) is 42.6. The number of phenolic OH excluding ortho intramolecular Hbond substituents is 2. The molecule has 1 aromatic heterocycles. The fourth-order valence-electron chi connectivity index (χ4n) is 4.48. The van der Waals surface area contributed by atoms with Crippen molar-refractivity contribution in [2.24, 2.45) is 0 Å². The minimum absolute atomic E-state index is 0.00413. The van der Waals surface area contributed by atoms with Crippen molar-refractivity contribution in [2.75, 3.05) is 5.32 Å². The lowest BCUT2D eigenvalue weighted by Crippen LogP contribution is -2.38. The number of carbonyl (C=O) groups excluding carboxylic acids is 3. The van der Waals surface area contributed by atoms with E-state index in [1.165, 1.54) is 19.9 Å². The summed E-state index contributed by atoms with van der Waals surface area (Å²) < 4.78 is 6.77. The van der Waals surface area contributed by atoms with Crippen LogP contribution >= 0.6 is 27.3 Å². The number of phenols is 2. The molecule has 188 valence electrons. The van der Waals surface area contributed by atoms with Gasteiger partial charge >= 0.3 is 0 Å². The zero-order valence-electron chi connectivity index (χ0n) is 19.7. The summed E-state index contributed by atoms with van der Waals surface area (Å²) in [6.45, 7) is 4.11. The van der Waals surface area contributed by atoms with Crippen molar-refractivity contribution in [1.29, 1.82) is 0 Å². The molecular formula is C26H19BrN2O7S. The molecule has 9 nitrogen and oxygen atoms in total. The molecule has 0 saturated carbocycles. The van der Waals surface area contributed by atoms with Crippen LogP contribution in [0.2, 0.25) is 0 Å². The van der Waals surface area contributed by atoms with E-state index >= 15 is 0 Å². The Morgan fingerprint density at radius 2 is 1.81 bits per heavy atom. The molecule has 2 aliphatic rings. The number of anilines is 1. The number of nitrogens with one attached hydrogen (secondary N) is 1. The highest BCUT2D eigenvalue weighted by molar-refractivity contribution is 9.10. The van der Waals surface area contributed by atoms with Crippen molar-refractivity contribution in [2.45, 2.75) is 26.2 Å². The van der Waals surface area contributed by atoms with Gasteiger partial charge in [-0.3, -0.25) is 19.7 Å². The first-order valence-electron chi connectivity index (χ1n) is 11.0. The molecule has 0 radical (unpaired) electrons. The smallest absolute Gasteiger partial charge is 0.257 e. The number of hydrogen-bond donors (Lipinski definition) is 4. The molecule has 0 fully saturated rings. The van der Waals surface area contributed by atoms with E-state index in [0.29, 0.717) is 5.56 Å². The number of amides is 1. The fourth-order valence-corrected chi connectivity index (χ4v) is 5.45. The Labute approximate surface area is 222 Å². The van der Waals surface area contributed by atoms with Gasteiger partial charge in [0.1, 0.15) is 39.8 Å². The van der Waals surface area contributed by atoms with Crippen LogP contribution in [-0.4, -0.2) is 37.8 Å². The summed E-state index contributed by atoms with van der Waals surface area (Å²) >= 11 is 4.43. The van der Waals surface area contributed by atoms with Crippen molar-refractivity contribution >= 4 is 49.9 Å². The molecule has 0 unspecified atom stereocenters. The molecule has 11 heteroatoms. The second-order valence-corrected chi connectivity index (χ2v) is 10.6. The summed E-state index contributed by atoms with van der Waals surface area (Å²) in [6, 6.07) is 6.77. The number of hydrogen-bond acceptors (Lipinski definition) is 9. The monoisotopic (exact) mass is 582 g/mol. The Kier molecular flexibility index (Phi) is 5.72. The van der Waals surface area contributed by atoms with Crippen LogP contribution in [0.15, 0.2) is 57.3 Å². The zero-order valence-corrected chi connectivity index (χ0v) is 22.1. The van der Waals surface area contributed by atoms with Gasteiger partial charge in [0.05, 0.1) is 16.8 Å². The van der Waals surface area contributed by atoms with Crippen LogP contribution in [0, 0.1) is 6.92 Å². The predicted molar refractivity (Wildman–Crippen MR) is 139 cm³/mol. The maximum atomic E-state index is 13.4. The Bertz CT molecular complexity index is 1600. The normalized spacial score (nSPS) is 18.2. The number of nitrogens with zero attached hydrogens (tertiary/aromatic N) is 1. The first kappa shape index (κ1) is 24.7. The molecule has 2 aromatic carbocycles. The molecule has 2 heterocycles. The van der Waals surface area contributed by atoms with E-state index in [-0.39, 0.29) is 56.4 Å². The quantitative estimate of drug-likeness (QED) is 0.312. The molecule has 0 saturated heterocycles. The van der Waals surface area contributed by atoms with Gasteiger partial charge in [0.2, 0.25) is 0 Å². The summed E-state index contributed by atoms with van der Waals surface area (Å²) in [5.41, 5.74) is -1.15. The lowest BCUT2D eigenvalue weighted by Gasteiger charge is -2.28. The van der Waals surface area contributed by atoms with Gasteiger partial charge < -0.3 is 20.1 Å². The number of halogens is 1. The predicted octanol–water partition coefficient (Wildman–Crippen LogP) is 5.06. The van der Waals surface area contributed by atoms with Gasteiger partial charge in [-0.2, -0.15) is 0 Å². The highest BCUT2D eigenvalue weighted by Gasteiger charge is 2.55. The molecule has 1 aliphatic carbocycles. The number of rotatable bonds is 4. The molecule has 1 atom stereocenters. The zero-order chi connectivity index (χ0) is 26.8. The number of thiazole rings is 1. The van der Waals surface area contributed by atoms with E-state index in [0.717, 1.165) is 22.7 Å². The number of aromatic nitrogens is 1. The molecule has 0 spiro atoms. The Hall–Kier alpha value is -3.96. The number of aliphatic hydroxyl groups is 1. The number of fused-ring (bicyclic) bond motifs is 3. The third-order valence-electron chi connectivity index (χ3n) is 6.49. The van der Waals surface area contributed by atoms with E-state index in [1.54, 1.807) is 29.6 Å². The average Bonchev–Trinajstić information content (AvgIpc) is 3.41. The van der Waals surface area contributed by atoms with Crippen molar-refractivity contribution in [1.82, 2.24) is 4.98 Å². The minimum Gasteiger partial charge on any atom is -0.507 e. The van der Waals surface area contributed by atoms with E-state index in [9.17, 15) is 29.7 Å². The molecule has 3 aromatic rings. The molecule has 4 N–H and O–H groups in total. The van der Waals surface area contributed by atoms with Gasteiger partial charge in [0.15, 0.2) is 16.7 Å². The number of ether oxygens (including phenoxy) is 1. The second kappa shape index (κ2) is 8.56. The highest BCUT2D eigenvalue weighted by atomic mass is 79.9. The number of ketones is 2. The maximum Gasteiger partial charge on any atom is 0.257 e. The summed E-state index contributed by atoms with van der Waals surface area (Å²) in [6.07, 6.45) is 1.17. The van der Waals surface area contributed by atoms with E-state index in [2.05, 4.69) is 26.2 Å². The van der Waals surface area contributed by atoms with Crippen LogP contribution in [0.3, 0.4) is 0 Å². The van der Waals surface area contributed by atoms with E-state index in [1.807, 2.05) is 0 Å². The van der Waals surface area contributed by atoms with Gasteiger partial charge in [-0.05, 0) is 45.0 Å². The number of Topliss-reactive ketones (excluding diaryl/α,β-unsaturated/α-hetero) is 2. The van der Waals surface area contributed by atoms with Crippen molar-refractivity contribution in [3.8, 4) is 28.5 Å². The molecular weight excluding hydrogens is 564 g/mol. The van der Waals surface area contributed by atoms with Gasteiger partial charge in [0.25, 0.3) is 5.91 Å². The van der Waals surface area contributed by atoms with Crippen LogP contribution < -0.4 is 10.1 Å².